The zero-order valence-corrected chi connectivity index (χ0v) is 33.3. The van der Waals surface area contributed by atoms with Gasteiger partial charge in [0.15, 0.2) is 5.78 Å². The van der Waals surface area contributed by atoms with Crippen LogP contribution < -0.4 is 0 Å². The average molecular weight is 761 g/mol. The van der Waals surface area contributed by atoms with Gasteiger partial charge in [0.1, 0.15) is 12.1 Å². The number of thioether (sulfide) groups is 2. The van der Waals surface area contributed by atoms with Gasteiger partial charge in [-0.1, -0.05) is 60.7 Å². The number of benzene rings is 2. The molecule has 4 aromatic rings. The van der Waals surface area contributed by atoms with E-state index in [1.54, 1.807) is 23.5 Å². The number of Topliss-reactive ketones (excluding diaryl/α,β-unsaturated/α-hetero) is 1. The average Bonchev–Trinajstić information content (AvgIpc) is 4.07. The first-order valence-corrected chi connectivity index (χ1v) is 22.4. The van der Waals surface area contributed by atoms with Gasteiger partial charge in [-0.15, -0.1) is 23.5 Å². The van der Waals surface area contributed by atoms with E-state index in [-0.39, 0.29) is 5.78 Å². The molecule has 2 aromatic heterocycles. The van der Waals surface area contributed by atoms with Crippen molar-refractivity contribution in [3.63, 3.8) is 0 Å². The van der Waals surface area contributed by atoms with E-state index in [2.05, 4.69) is 105 Å². The van der Waals surface area contributed by atoms with Gasteiger partial charge in [-0.3, -0.25) is 24.6 Å². The predicted molar refractivity (Wildman–Crippen MR) is 222 cm³/mol. The number of aromatic nitrogens is 2. The van der Waals surface area contributed by atoms with Crippen LogP contribution in [0.4, 0.5) is 0 Å². The second-order valence-corrected chi connectivity index (χ2v) is 17.8. The minimum atomic E-state index is -0.416. The zero-order valence-electron chi connectivity index (χ0n) is 31.7. The van der Waals surface area contributed by atoms with Gasteiger partial charge < -0.3 is 9.80 Å². The molecule has 0 N–H and O–H groups in total. The summed E-state index contributed by atoms with van der Waals surface area (Å²) >= 11 is 3.61. The summed E-state index contributed by atoms with van der Waals surface area (Å²) in [5.41, 5.74) is 4.37. The minimum absolute atomic E-state index is 0.242. The smallest absolute Gasteiger partial charge is 0.179 e. The van der Waals surface area contributed by atoms with Crippen LogP contribution >= 0.6 is 23.5 Å². The molecular weight excluding hydrogens is 705 g/mol. The van der Waals surface area contributed by atoms with Crippen molar-refractivity contribution in [3.8, 4) is 0 Å². The Kier molecular flexibility index (Phi) is 13.1. The van der Waals surface area contributed by atoms with Crippen molar-refractivity contribution in [1.82, 2.24) is 29.6 Å². The van der Waals surface area contributed by atoms with Crippen molar-refractivity contribution in [2.45, 2.75) is 96.8 Å². The summed E-state index contributed by atoms with van der Waals surface area (Å²) in [5.74, 6) is 2.04. The van der Waals surface area contributed by atoms with Crippen LogP contribution in [0.5, 0.6) is 0 Å². The number of carbonyl (C=O) groups excluding carboxylic acids is 1. The van der Waals surface area contributed by atoms with E-state index in [0.29, 0.717) is 12.1 Å². The van der Waals surface area contributed by atoms with Crippen LogP contribution in [0, 0.1) is 0 Å². The molecule has 0 saturated carbocycles. The second kappa shape index (κ2) is 18.7. The molecule has 2 aromatic carbocycles. The van der Waals surface area contributed by atoms with Crippen LogP contribution in [0.25, 0.3) is 0 Å². The van der Waals surface area contributed by atoms with Crippen molar-refractivity contribution in [2.75, 3.05) is 52.4 Å². The Hall–Kier alpha value is -3.05. The Bertz CT molecular complexity index is 1620. The van der Waals surface area contributed by atoms with Crippen LogP contribution in [-0.2, 0) is 16.3 Å². The van der Waals surface area contributed by atoms with Crippen molar-refractivity contribution in [1.29, 1.82) is 0 Å². The number of carbonyl (C=O) groups is 1. The van der Waals surface area contributed by atoms with Crippen LogP contribution in [0.15, 0.2) is 107 Å². The standard InChI is InChI=1S/C45H56N6OS2/c52-45(43(50-27-11-17-37(50)31-48-23-7-8-24-48)41-21-19-39(29-46-41)53-33-35-13-3-1-4-14-35)44(51-28-12-18-38(51)32-49-25-9-10-26-49)42-22-20-40(30-47-42)54-34-36-15-5-2-6-16-36/h1-6,13-16,19-22,29-30,37-38,43-44H,7-12,17-18,23-28,31-34H2/t37-,38-,43-,44-/m0/s1. The third kappa shape index (κ3) is 9.48. The van der Waals surface area contributed by atoms with Gasteiger partial charge in [-0.2, -0.15) is 0 Å². The van der Waals surface area contributed by atoms with E-state index in [4.69, 9.17) is 9.97 Å². The Labute approximate surface area is 331 Å². The van der Waals surface area contributed by atoms with Crippen LogP contribution in [0.2, 0.25) is 0 Å². The second-order valence-electron chi connectivity index (χ2n) is 15.7. The topological polar surface area (TPSA) is 55.8 Å². The number of pyridine rings is 2. The third-order valence-electron chi connectivity index (χ3n) is 12.0. The van der Waals surface area contributed by atoms with E-state index >= 15 is 4.79 Å². The molecule has 0 amide bonds. The van der Waals surface area contributed by atoms with Gasteiger partial charge in [0.05, 0.1) is 11.4 Å². The van der Waals surface area contributed by atoms with Crippen molar-refractivity contribution in [2.24, 2.45) is 0 Å². The highest BCUT2D eigenvalue weighted by atomic mass is 32.2. The Balaban J connectivity index is 1.10. The van der Waals surface area contributed by atoms with Gasteiger partial charge >= 0.3 is 0 Å². The molecule has 4 atom stereocenters. The normalized spacial score (nSPS) is 22.6. The maximum Gasteiger partial charge on any atom is 0.179 e. The lowest BCUT2D eigenvalue weighted by molar-refractivity contribution is -0.131. The molecule has 54 heavy (non-hydrogen) atoms. The fraction of sp³-hybridized carbons (Fsp3) is 0.489. The number of hydrogen-bond donors (Lipinski definition) is 0. The molecular formula is C45H56N6OS2. The summed E-state index contributed by atoms with van der Waals surface area (Å²) in [6, 6.07) is 29.8. The predicted octanol–water partition coefficient (Wildman–Crippen LogP) is 8.53. The molecule has 0 radical (unpaired) electrons. The van der Waals surface area contributed by atoms with Gasteiger partial charge in [0, 0.05) is 58.9 Å². The summed E-state index contributed by atoms with van der Waals surface area (Å²) < 4.78 is 0. The Morgan fingerprint density at radius 2 is 0.981 bits per heavy atom. The van der Waals surface area contributed by atoms with Gasteiger partial charge in [-0.25, -0.2) is 0 Å². The largest absolute Gasteiger partial charge is 0.302 e. The molecule has 0 spiro atoms. The van der Waals surface area contributed by atoms with E-state index in [1.807, 2.05) is 12.4 Å². The lowest BCUT2D eigenvalue weighted by Gasteiger charge is -2.39. The van der Waals surface area contributed by atoms with Gasteiger partial charge in [0.2, 0.25) is 0 Å². The zero-order chi connectivity index (χ0) is 36.5. The molecule has 0 bridgehead atoms. The molecule has 6 heterocycles. The van der Waals surface area contributed by atoms with Crippen molar-refractivity contribution in [3.05, 3.63) is 120 Å². The third-order valence-corrected chi connectivity index (χ3v) is 14.1. The molecule has 7 nitrogen and oxygen atoms in total. The quantitative estimate of drug-likeness (QED) is 0.105. The molecule has 4 aliphatic heterocycles. The first kappa shape index (κ1) is 37.9. The van der Waals surface area contributed by atoms with Crippen LogP contribution in [0.1, 0.15) is 86.0 Å². The molecule has 9 heteroatoms. The van der Waals surface area contributed by atoms with E-state index in [1.165, 1.54) is 63.0 Å². The summed E-state index contributed by atoms with van der Waals surface area (Å²) in [4.78, 5) is 38.7. The summed E-state index contributed by atoms with van der Waals surface area (Å²) in [6.07, 6.45) is 13.6. The number of hydrogen-bond acceptors (Lipinski definition) is 9. The molecule has 0 unspecified atom stereocenters. The highest BCUT2D eigenvalue weighted by molar-refractivity contribution is 7.98. The van der Waals surface area contributed by atoms with E-state index in [0.717, 1.165) is 84.5 Å². The minimum Gasteiger partial charge on any atom is -0.302 e. The maximum absolute atomic E-state index is 15.8. The summed E-state index contributed by atoms with van der Waals surface area (Å²) in [6.45, 7) is 8.59. The van der Waals surface area contributed by atoms with Crippen LogP contribution in [0.3, 0.4) is 0 Å². The number of likely N-dealkylation sites (tertiary alicyclic amines) is 4. The fourth-order valence-corrected chi connectivity index (χ4v) is 10.8. The SMILES string of the molecule is O=C([C@H](c1ccc(SCc2ccccc2)cn1)N1CCC[C@H]1CN1CCCC1)[C@H](c1ccc(SCc2ccccc2)cn1)N1CCC[C@H]1CN1CCCC1. The number of ketones is 1. The first-order valence-electron chi connectivity index (χ1n) is 20.4. The van der Waals surface area contributed by atoms with Gasteiger partial charge in [0.25, 0.3) is 0 Å². The molecule has 4 aliphatic rings. The van der Waals surface area contributed by atoms with Gasteiger partial charge in [-0.05, 0) is 126 Å². The Morgan fingerprint density at radius 3 is 1.37 bits per heavy atom. The van der Waals surface area contributed by atoms with Crippen LogP contribution in [-0.4, -0.2) is 99.8 Å². The van der Waals surface area contributed by atoms with E-state index in [9.17, 15) is 0 Å². The molecule has 284 valence electrons. The maximum atomic E-state index is 15.8. The van der Waals surface area contributed by atoms with Crippen molar-refractivity contribution < 1.29 is 4.79 Å². The Morgan fingerprint density at radius 1 is 0.556 bits per heavy atom. The number of nitrogens with zero attached hydrogens (tertiary/aromatic N) is 6. The highest BCUT2D eigenvalue weighted by Gasteiger charge is 2.45. The first-order chi connectivity index (χ1) is 26.7. The monoisotopic (exact) mass is 760 g/mol. The van der Waals surface area contributed by atoms with Crippen molar-refractivity contribution >= 4 is 29.3 Å². The lowest BCUT2D eigenvalue weighted by Crippen LogP contribution is -2.49. The molecule has 8 rings (SSSR count). The highest BCUT2D eigenvalue weighted by Crippen LogP contribution is 2.39. The molecule has 4 saturated heterocycles. The fourth-order valence-electron chi connectivity index (χ4n) is 9.18. The van der Waals surface area contributed by atoms with E-state index < -0.39 is 12.1 Å². The number of rotatable bonds is 16. The summed E-state index contributed by atoms with van der Waals surface area (Å²) in [5, 5.41) is 0. The summed E-state index contributed by atoms with van der Waals surface area (Å²) in [7, 11) is 0. The molecule has 4 fully saturated rings. The lowest BCUT2D eigenvalue weighted by atomic mass is 9.94. The molecule has 0 aliphatic carbocycles.